The van der Waals surface area contributed by atoms with Crippen molar-refractivity contribution in [3.8, 4) is 10.6 Å². The van der Waals surface area contributed by atoms with Gasteiger partial charge in [0.25, 0.3) is 0 Å². The largest absolute Gasteiger partial charge is 0.308 e. The molecule has 0 fully saturated rings. The van der Waals surface area contributed by atoms with Gasteiger partial charge in [0.2, 0.25) is 0 Å². The molecule has 0 saturated carbocycles. The van der Waals surface area contributed by atoms with E-state index >= 15 is 0 Å². The van der Waals surface area contributed by atoms with Crippen LogP contribution in [0.5, 0.6) is 0 Å². The predicted molar refractivity (Wildman–Crippen MR) is 89.8 cm³/mol. The molecule has 1 aromatic heterocycles. The second-order valence-electron chi connectivity index (χ2n) is 4.25. The minimum absolute atomic E-state index is 0.241. The first kappa shape index (κ1) is 15.2. The normalized spacial score (nSPS) is 12.6. The highest BCUT2D eigenvalue weighted by Crippen LogP contribution is 2.30. The van der Waals surface area contributed by atoms with Gasteiger partial charge in [-0.05, 0) is 54.6 Å². The zero-order chi connectivity index (χ0) is 13.8. The highest BCUT2D eigenvalue weighted by Gasteiger charge is 2.13. The summed E-state index contributed by atoms with van der Waals surface area (Å²) in [4.78, 5) is 0. The van der Waals surface area contributed by atoms with E-state index in [9.17, 15) is 0 Å². The lowest BCUT2D eigenvalue weighted by Crippen LogP contribution is -2.18. The fraction of sp³-hybridized carbons (Fsp3) is 0.385. The lowest BCUT2D eigenvalue weighted by Gasteiger charge is -2.08. The highest BCUT2D eigenvalue weighted by molar-refractivity contribution is 14.1. The summed E-state index contributed by atoms with van der Waals surface area (Å²) < 4.78 is 1.05. The smallest absolute Gasteiger partial charge is 0.147 e. The van der Waals surface area contributed by atoms with E-state index in [-0.39, 0.29) is 6.04 Å². The molecule has 1 aromatic carbocycles. The van der Waals surface area contributed by atoms with Crippen molar-refractivity contribution in [2.75, 3.05) is 6.54 Å². The van der Waals surface area contributed by atoms with Crippen LogP contribution in [0.4, 0.5) is 0 Å². The Morgan fingerprint density at radius 3 is 2.89 bits per heavy atom. The van der Waals surface area contributed by atoms with Gasteiger partial charge in [0.05, 0.1) is 11.1 Å². The van der Waals surface area contributed by atoms with Gasteiger partial charge in [0, 0.05) is 9.13 Å². The SMILES string of the molecule is CCCNC(C)c1nnc(-c2ccc(I)c(Cl)c2)s1. The molecule has 1 unspecified atom stereocenters. The van der Waals surface area contributed by atoms with Gasteiger partial charge in [-0.1, -0.05) is 35.9 Å². The van der Waals surface area contributed by atoms with E-state index in [1.54, 1.807) is 11.3 Å². The van der Waals surface area contributed by atoms with Crippen LogP contribution in [0.15, 0.2) is 18.2 Å². The molecule has 1 heterocycles. The van der Waals surface area contributed by atoms with Crippen molar-refractivity contribution in [2.24, 2.45) is 0 Å². The first-order chi connectivity index (χ1) is 9.11. The molecule has 102 valence electrons. The second kappa shape index (κ2) is 6.97. The van der Waals surface area contributed by atoms with Gasteiger partial charge in [-0.15, -0.1) is 10.2 Å². The number of benzene rings is 1. The first-order valence-corrected chi connectivity index (χ1v) is 8.41. The molecule has 0 aliphatic carbocycles. The maximum absolute atomic E-state index is 6.14. The molecule has 2 aromatic rings. The van der Waals surface area contributed by atoms with Crippen molar-refractivity contribution in [3.05, 3.63) is 31.8 Å². The van der Waals surface area contributed by atoms with Crippen LogP contribution >= 0.6 is 45.5 Å². The molecular weight excluding hydrogens is 393 g/mol. The molecule has 0 saturated heterocycles. The number of aromatic nitrogens is 2. The Labute approximate surface area is 135 Å². The number of hydrogen-bond donors (Lipinski definition) is 1. The summed E-state index contributed by atoms with van der Waals surface area (Å²) in [5.74, 6) is 0. The van der Waals surface area contributed by atoms with Crippen LogP contribution in [0.1, 0.15) is 31.3 Å². The molecule has 1 atom stereocenters. The summed E-state index contributed by atoms with van der Waals surface area (Å²) in [6.45, 7) is 5.26. The Balaban J connectivity index is 2.18. The van der Waals surface area contributed by atoms with Gasteiger partial charge in [0.1, 0.15) is 10.0 Å². The maximum atomic E-state index is 6.14. The average molecular weight is 408 g/mol. The van der Waals surface area contributed by atoms with Crippen LogP contribution in [-0.2, 0) is 0 Å². The Kier molecular flexibility index (Phi) is 5.56. The van der Waals surface area contributed by atoms with E-state index in [0.717, 1.165) is 37.1 Å². The highest BCUT2D eigenvalue weighted by atomic mass is 127. The summed E-state index contributed by atoms with van der Waals surface area (Å²) >= 11 is 9.97. The number of halogens is 2. The maximum Gasteiger partial charge on any atom is 0.147 e. The Hall–Kier alpha value is -0.240. The van der Waals surface area contributed by atoms with Crippen molar-refractivity contribution in [1.82, 2.24) is 15.5 Å². The average Bonchev–Trinajstić information content (AvgIpc) is 2.89. The molecule has 19 heavy (non-hydrogen) atoms. The zero-order valence-electron chi connectivity index (χ0n) is 10.8. The topological polar surface area (TPSA) is 37.8 Å². The van der Waals surface area contributed by atoms with Crippen LogP contribution in [0.2, 0.25) is 5.02 Å². The van der Waals surface area contributed by atoms with E-state index in [1.807, 2.05) is 18.2 Å². The van der Waals surface area contributed by atoms with Gasteiger partial charge >= 0.3 is 0 Å². The molecule has 6 heteroatoms. The molecule has 0 aliphatic heterocycles. The molecule has 0 aliphatic rings. The molecule has 2 rings (SSSR count). The summed E-state index contributed by atoms with van der Waals surface area (Å²) in [6, 6.07) is 6.21. The number of hydrogen-bond acceptors (Lipinski definition) is 4. The third kappa shape index (κ3) is 3.87. The minimum atomic E-state index is 0.241. The van der Waals surface area contributed by atoms with E-state index < -0.39 is 0 Å². The molecule has 0 spiro atoms. The van der Waals surface area contributed by atoms with Crippen molar-refractivity contribution in [2.45, 2.75) is 26.3 Å². The number of rotatable bonds is 5. The van der Waals surface area contributed by atoms with Crippen LogP contribution < -0.4 is 5.32 Å². The van der Waals surface area contributed by atoms with Gasteiger partial charge in [-0.2, -0.15) is 0 Å². The quantitative estimate of drug-likeness (QED) is 0.740. The lowest BCUT2D eigenvalue weighted by atomic mass is 10.2. The van der Waals surface area contributed by atoms with Crippen LogP contribution in [0, 0.1) is 3.57 Å². The van der Waals surface area contributed by atoms with Gasteiger partial charge in [-0.3, -0.25) is 0 Å². The molecular formula is C13H15ClIN3S. The Bertz CT molecular complexity index is 559. The van der Waals surface area contributed by atoms with Gasteiger partial charge < -0.3 is 5.32 Å². The van der Waals surface area contributed by atoms with Gasteiger partial charge in [-0.25, -0.2) is 0 Å². The summed E-state index contributed by atoms with van der Waals surface area (Å²) in [6.07, 6.45) is 1.11. The fourth-order valence-corrected chi connectivity index (χ4v) is 2.99. The van der Waals surface area contributed by atoms with E-state index in [4.69, 9.17) is 11.6 Å². The third-order valence-electron chi connectivity index (χ3n) is 2.68. The van der Waals surface area contributed by atoms with E-state index in [1.165, 1.54) is 0 Å². The number of nitrogens with one attached hydrogen (secondary N) is 1. The van der Waals surface area contributed by atoms with Crippen molar-refractivity contribution in [3.63, 3.8) is 0 Å². The Morgan fingerprint density at radius 2 is 2.21 bits per heavy atom. The third-order valence-corrected chi connectivity index (χ3v) is 5.41. The van der Waals surface area contributed by atoms with Gasteiger partial charge in [0.15, 0.2) is 0 Å². The molecule has 0 radical (unpaired) electrons. The van der Waals surface area contributed by atoms with Crippen molar-refractivity contribution < 1.29 is 0 Å². The predicted octanol–water partition coefficient (Wildman–Crippen LogP) is 4.52. The molecule has 1 N–H and O–H groups in total. The summed E-state index contributed by atoms with van der Waals surface area (Å²) in [5.41, 5.74) is 1.02. The first-order valence-electron chi connectivity index (χ1n) is 6.14. The second-order valence-corrected chi connectivity index (χ2v) is 6.83. The minimum Gasteiger partial charge on any atom is -0.308 e. The van der Waals surface area contributed by atoms with Crippen LogP contribution in [0.25, 0.3) is 10.6 Å². The fourth-order valence-electron chi connectivity index (χ4n) is 1.60. The number of nitrogens with zero attached hydrogens (tertiary/aromatic N) is 2. The molecule has 3 nitrogen and oxygen atoms in total. The molecule has 0 amide bonds. The zero-order valence-corrected chi connectivity index (χ0v) is 14.5. The van der Waals surface area contributed by atoms with E-state index in [2.05, 4.69) is 52.0 Å². The lowest BCUT2D eigenvalue weighted by molar-refractivity contribution is 0.564. The van der Waals surface area contributed by atoms with Crippen LogP contribution in [-0.4, -0.2) is 16.7 Å². The standard InChI is InChI=1S/C13H15ClIN3S/c1-3-6-16-8(2)12-17-18-13(19-12)9-4-5-11(15)10(14)7-9/h4-5,7-8,16H,3,6H2,1-2H3. The van der Waals surface area contributed by atoms with Crippen molar-refractivity contribution >= 4 is 45.5 Å². The van der Waals surface area contributed by atoms with Crippen molar-refractivity contribution in [1.29, 1.82) is 0 Å². The molecule has 0 bridgehead atoms. The summed E-state index contributed by atoms with van der Waals surface area (Å²) in [5, 5.41) is 14.6. The summed E-state index contributed by atoms with van der Waals surface area (Å²) in [7, 11) is 0. The van der Waals surface area contributed by atoms with Crippen LogP contribution in [0.3, 0.4) is 0 Å². The Morgan fingerprint density at radius 1 is 1.42 bits per heavy atom. The monoisotopic (exact) mass is 407 g/mol. The van der Waals surface area contributed by atoms with E-state index in [0.29, 0.717) is 0 Å².